The fourth-order valence-electron chi connectivity index (χ4n) is 3.23. The second-order valence-corrected chi connectivity index (χ2v) is 6.69. The number of nitrogens with zero attached hydrogens (tertiary/aromatic N) is 4. The Morgan fingerprint density at radius 1 is 0.692 bits per heavy atom. The Bertz CT molecular complexity index is 992. The molecule has 2 heterocycles. The fourth-order valence-corrected chi connectivity index (χ4v) is 3.57. The van der Waals surface area contributed by atoms with Gasteiger partial charge in [0, 0.05) is 24.8 Å². The Kier molecular flexibility index (Phi) is 4.96. The van der Waals surface area contributed by atoms with Crippen molar-refractivity contribution in [2.75, 3.05) is 11.8 Å². The summed E-state index contributed by atoms with van der Waals surface area (Å²) in [5.41, 5.74) is 4.10. The molecule has 0 saturated heterocycles. The van der Waals surface area contributed by atoms with Crippen LogP contribution >= 0.6 is 23.2 Å². The van der Waals surface area contributed by atoms with Crippen molar-refractivity contribution in [1.29, 1.82) is 0 Å². The van der Waals surface area contributed by atoms with Crippen LogP contribution in [0.15, 0.2) is 48.5 Å². The first-order valence-electron chi connectivity index (χ1n) is 8.52. The van der Waals surface area contributed by atoms with Crippen molar-refractivity contribution in [3.8, 4) is 0 Å². The molecule has 0 unspecified atom stereocenters. The Hall–Kier alpha value is -2.30. The second-order valence-electron chi connectivity index (χ2n) is 5.93. The van der Waals surface area contributed by atoms with E-state index in [9.17, 15) is 0 Å². The first-order chi connectivity index (χ1) is 12.8. The highest BCUT2D eigenvalue weighted by Crippen LogP contribution is 2.20. The summed E-state index contributed by atoms with van der Waals surface area (Å²) in [5.74, 6) is 2.81. The maximum atomic E-state index is 6.00. The van der Waals surface area contributed by atoms with Crippen LogP contribution in [0.3, 0.4) is 0 Å². The van der Waals surface area contributed by atoms with Gasteiger partial charge in [0.05, 0.1) is 22.1 Å². The number of aryl methyl sites for hydroxylation is 2. The summed E-state index contributed by atoms with van der Waals surface area (Å²) >= 11 is 12.0. The van der Waals surface area contributed by atoms with Gasteiger partial charge >= 0.3 is 0 Å². The Labute approximate surface area is 161 Å². The highest BCUT2D eigenvalue weighted by atomic mass is 35.5. The smallest absolute Gasteiger partial charge is 0.133 e. The number of hydrogen-bond donors (Lipinski definition) is 0. The zero-order chi connectivity index (χ0) is 17.9. The lowest BCUT2D eigenvalue weighted by atomic mass is 10.3. The van der Waals surface area contributed by atoms with E-state index in [2.05, 4.69) is 21.3 Å². The Morgan fingerprint density at radius 2 is 1.12 bits per heavy atom. The first-order valence-corrected chi connectivity index (χ1v) is 9.59. The van der Waals surface area contributed by atoms with Crippen LogP contribution < -0.4 is 0 Å². The van der Waals surface area contributed by atoms with E-state index in [-0.39, 0.29) is 0 Å². The van der Waals surface area contributed by atoms with E-state index in [0.29, 0.717) is 24.8 Å². The minimum atomic E-state index is 0.534. The number of para-hydroxylation sites is 4. The van der Waals surface area contributed by atoms with Crippen LogP contribution in [0.1, 0.15) is 11.6 Å². The van der Waals surface area contributed by atoms with E-state index in [0.717, 1.165) is 33.7 Å². The molecule has 0 fully saturated rings. The summed E-state index contributed by atoms with van der Waals surface area (Å²) in [6.45, 7) is 1.42. The molecule has 2 aromatic carbocycles. The second kappa shape index (κ2) is 7.52. The average Bonchev–Trinajstić information content (AvgIpc) is 3.19. The van der Waals surface area contributed by atoms with Crippen LogP contribution in [0.2, 0.25) is 0 Å². The van der Waals surface area contributed by atoms with Crippen molar-refractivity contribution in [3.05, 3.63) is 60.2 Å². The van der Waals surface area contributed by atoms with Gasteiger partial charge in [-0.15, -0.1) is 23.2 Å². The normalized spacial score (nSPS) is 11.9. The molecule has 0 aliphatic heterocycles. The molecule has 0 spiro atoms. The molecule has 0 saturated carbocycles. The molecule has 0 N–H and O–H groups in total. The fraction of sp³-hybridized carbons (Fsp3) is 0.200. The van der Waals surface area contributed by atoms with Crippen LogP contribution in [0.5, 0.6) is 0 Å². The van der Waals surface area contributed by atoms with Gasteiger partial charge in [-0.05, 0) is 36.4 Å². The molecule has 4 rings (SSSR count). The minimum Gasteiger partial charge on any atom is -0.323 e. The highest BCUT2D eigenvalue weighted by Gasteiger charge is 2.10. The molecule has 6 heteroatoms. The third-order valence-corrected chi connectivity index (χ3v) is 4.70. The van der Waals surface area contributed by atoms with Crippen molar-refractivity contribution >= 4 is 57.4 Å². The standard InChI is InChI=1S/C20H18Cl2N4/c21-11-13-25-17-7-3-1-5-15(17)23-19(25)9-10-20-24-16-6-2-4-8-18(16)26(20)14-12-22/h1-10H,11-14H2/b10-9+. The summed E-state index contributed by atoms with van der Waals surface area (Å²) < 4.78 is 4.26. The summed E-state index contributed by atoms with van der Waals surface area (Å²) in [5, 5.41) is 0. The Balaban J connectivity index is 1.79. The molecular weight excluding hydrogens is 367 g/mol. The summed E-state index contributed by atoms with van der Waals surface area (Å²) in [4.78, 5) is 9.46. The SMILES string of the molecule is ClCCn1c(/C=C/c2nc3ccccc3n2CCCl)nc2ccccc21. The maximum Gasteiger partial charge on any atom is 0.133 e. The van der Waals surface area contributed by atoms with Gasteiger partial charge in [-0.1, -0.05) is 24.3 Å². The average molecular weight is 385 g/mol. The lowest BCUT2D eigenvalue weighted by Crippen LogP contribution is -2.03. The molecule has 132 valence electrons. The van der Waals surface area contributed by atoms with Gasteiger partial charge in [0.15, 0.2) is 0 Å². The van der Waals surface area contributed by atoms with Crippen LogP contribution in [-0.2, 0) is 13.1 Å². The van der Waals surface area contributed by atoms with Crippen molar-refractivity contribution in [1.82, 2.24) is 19.1 Å². The number of hydrogen-bond acceptors (Lipinski definition) is 2. The summed E-state index contributed by atoms with van der Waals surface area (Å²) in [7, 11) is 0. The van der Waals surface area contributed by atoms with E-state index in [4.69, 9.17) is 33.2 Å². The number of imidazole rings is 2. The van der Waals surface area contributed by atoms with Crippen LogP contribution in [0, 0.1) is 0 Å². The van der Waals surface area contributed by atoms with Crippen LogP contribution in [0.4, 0.5) is 0 Å². The number of rotatable bonds is 6. The minimum absolute atomic E-state index is 0.534. The summed E-state index contributed by atoms with van der Waals surface area (Å²) in [6.07, 6.45) is 4.00. The number of benzene rings is 2. The maximum absolute atomic E-state index is 6.00. The number of halogens is 2. The Morgan fingerprint density at radius 3 is 1.54 bits per heavy atom. The van der Waals surface area contributed by atoms with Gasteiger partial charge in [0.1, 0.15) is 11.6 Å². The molecule has 26 heavy (non-hydrogen) atoms. The van der Waals surface area contributed by atoms with E-state index < -0.39 is 0 Å². The zero-order valence-electron chi connectivity index (χ0n) is 14.1. The molecule has 0 atom stereocenters. The molecule has 2 aromatic heterocycles. The van der Waals surface area contributed by atoms with Gasteiger partial charge in [-0.25, -0.2) is 9.97 Å². The summed E-state index contributed by atoms with van der Waals surface area (Å²) in [6, 6.07) is 16.2. The molecule has 0 aliphatic carbocycles. The zero-order valence-corrected chi connectivity index (χ0v) is 15.7. The van der Waals surface area contributed by atoms with Crippen molar-refractivity contribution in [2.45, 2.75) is 13.1 Å². The monoisotopic (exact) mass is 384 g/mol. The van der Waals surface area contributed by atoms with Gasteiger partial charge < -0.3 is 9.13 Å². The van der Waals surface area contributed by atoms with Crippen molar-refractivity contribution in [2.24, 2.45) is 0 Å². The van der Waals surface area contributed by atoms with E-state index in [1.807, 2.05) is 48.6 Å². The molecule has 0 bridgehead atoms. The number of alkyl halides is 2. The lowest BCUT2D eigenvalue weighted by molar-refractivity contribution is 0.779. The quantitative estimate of drug-likeness (QED) is 0.436. The van der Waals surface area contributed by atoms with E-state index in [1.54, 1.807) is 0 Å². The number of aromatic nitrogens is 4. The molecule has 4 nitrogen and oxygen atoms in total. The predicted molar refractivity (Wildman–Crippen MR) is 110 cm³/mol. The van der Waals surface area contributed by atoms with Gasteiger partial charge in [-0.2, -0.15) is 0 Å². The van der Waals surface area contributed by atoms with Gasteiger partial charge in [0.2, 0.25) is 0 Å². The largest absolute Gasteiger partial charge is 0.323 e. The van der Waals surface area contributed by atoms with Gasteiger partial charge in [0.25, 0.3) is 0 Å². The van der Waals surface area contributed by atoms with Gasteiger partial charge in [-0.3, -0.25) is 0 Å². The van der Waals surface area contributed by atoms with Crippen molar-refractivity contribution in [3.63, 3.8) is 0 Å². The molecular formula is C20H18Cl2N4. The van der Waals surface area contributed by atoms with Crippen LogP contribution in [0.25, 0.3) is 34.2 Å². The van der Waals surface area contributed by atoms with Crippen LogP contribution in [-0.4, -0.2) is 30.9 Å². The molecule has 0 aliphatic rings. The first kappa shape index (κ1) is 17.1. The highest BCUT2D eigenvalue weighted by molar-refractivity contribution is 6.18. The van der Waals surface area contributed by atoms with E-state index in [1.165, 1.54) is 0 Å². The molecule has 4 aromatic rings. The molecule has 0 amide bonds. The third kappa shape index (κ3) is 3.11. The predicted octanol–water partition coefficient (Wildman–Crippen LogP) is 5.03. The van der Waals surface area contributed by atoms with Crippen molar-refractivity contribution < 1.29 is 0 Å². The number of fused-ring (bicyclic) bond motifs is 2. The topological polar surface area (TPSA) is 35.6 Å². The molecule has 0 radical (unpaired) electrons. The van der Waals surface area contributed by atoms with E-state index >= 15 is 0 Å². The third-order valence-electron chi connectivity index (χ3n) is 4.37. The lowest BCUT2D eigenvalue weighted by Gasteiger charge is -2.05.